The summed E-state index contributed by atoms with van der Waals surface area (Å²) in [6.07, 6.45) is 1.12. The van der Waals surface area contributed by atoms with Crippen molar-refractivity contribution in [2.75, 3.05) is 25.1 Å². The van der Waals surface area contributed by atoms with Gasteiger partial charge in [0.25, 0.3) is 0 Å². The maximum atomic E-state index is 11.9. The van der Waals surface area contributed by atoms with Crippen LogP contribution in [0.5, 0.6) is 0 Å². The zero-order valence-electron chi connectivity index (χ0n) is 13.9. The smallest absolute Gasteiger partial charge is 0.224 e. The monoisotopic (exact) mass is 308 g/mol. The van der Waals surface area contributed by atoms with Gasteiger partial charge in [-0.25, -0.2) is 0 Å². The van der Waals surface area contributed by atoms with E-state index in [0.717, 1.165) is 16.8 Å². The van der Waals surface area contributed by atoms with E-state index in [-0.39, 0.29) is 11.9 Å². The van der Waals surface area contributed by atoms with E-state index in [1.165, 1.54) is 0 Å². The molecule has 0 fully saturated rings. The standard InChI is InChI=1S/C17H28N2O3/c1-4-21-10-11-22-12-15-6-5-7-16(14(15)3)19-17(20)9-8-13(2)18/h5-7,13H,4,8-12,18H2,1-3H3,(H,19,20). The van der Waals surface area contributed by atoms with Gasteiger partial charge in [0.2, 0.25) is 5.91 Å². The summed E-state index contributed by atoms with van der Waals surface area (Å²) in [5, 5.41) is 2.94. The minimum Gasteiger partial charge on any atom is -0.379 e. The highest BCUT2D eigenvalue weighted by Gasteiger charge is 2.08. The Balaban J connectivity index is 2.51. The summed E-state index contributed by atoms with van der Waals surface area (Å²) in [6.45, 7) is 8.23. The molecular formula is C17H28N2O3. The Morgan fingerprint density at radius 1 is 1.32 bits per heavy atom. The first-order valence-electron chi connectivity index (χ1n) is 7.84. The lowest BCUT2D eigenvalue weighted by Gasteiger charge is -2.13. The summed E-state index contributed by atoms with van der Waals surface area (Å²) in [5.74, 6) is -0.00480. The predicted octanol–water partition coefficient (Wildman–Crippen LogP) is 2.61. The number of hydrogen-bond acceptors (Lipinski definition) is 4. The SMILES string of the molecule is CCOCCOCc1cccc(NC(=O)CCC(C)N)c1C. The van der Waals surface area contributed by atoms with Gasteiger partial charge in [-0.15, -0.1) is 0 Å². The molecule has 3 N–H and O–H groups in total. The molecule has 1 aromatic rings. The summed E-state index contributed by atoms with van der Waals surface area (Å²) in [6, 6.07) is 5.88. The molecule has 1 unspecified atom stereocenters. The second kappa shape index (κ2) is 10.3. The van der Waals surface area contributed by atoms with Gasteiger partial charge in [0.15, 0.2) is 0 Å². The van der Waals surface area contributed by atoms with Crippen LogP contribution in [-0.4, -0.2) is 31.8 Å². The molecule has 0 aromatic heterocycles. The second-order valence-electron chi connectivity index (χ2n) is 5.40. The number of ether oxygens (including phenoxy) is 2. The van der Waals surface area contributed by atoms with E-state index < -0.39 is 0 Å². The molecule has 22 heavy (non-hydrogen) atoms. The number of rotatable bonds is 10. The van der Waals surface area contributed by atoms with Crippen molar-refractivity contribution in [3.8, 4) is 0 Å². The van der Waals surface area contributed by atoms with Crippen LogP contribution in [0.15, 0.2) is 18.2 Å². The lowest BCUT2D eigenvalue weighted by atomic mass is 10.1. The van der Waals surface area contributed by atoms with Crippen molar-refractivity contribution < 1.29 is 14.3 Å². The number of carbonyl (C=O) groups excluding carboxylic acids is 1. The van der Waals surface area contributed by atoms with E-state index in [1.54, 1.807) is 0 Å². The number of benzene rings is 1. The third kappa shape index (κ3) is 7.02. The molecule has 0 aliphatic heterocycles. The molecule has 0 spiro atoms. The van der Waals surface area contributed by atoms with Crippen LogP contribution < -0.4 is 11.1 Å². The fourth-order valence-corrected chi connectivity index (χ4v) is 1.99. The van der Waals surface area contributed by atoms with Gasteiger partial charge in [-0.05, 0) is 44.4 Å². The Labute approximate surface area is 133 Å². The Morgan fingerprint density at radius 2 is 2.05 bits per heavy atom. The van der Waals surface area contributed by atoms with E-state index in [4.69, 9.17) is 15.2 Å². The molecule has 0 saturated heterocycles. The van der Waals surface area contributed by atoms with Crippen LogP contribution in [0.3, 0.4) is 0 Å². The second-order valence-corrected chi connectivity index (χ2v) is 5.40. The molecule has 0 aliphatic carbocycles. The summed E-state index contributed by atoms with van der Waals surface area (Å²) < 4.78 is 10.8. The van der Waals surface area contributed by atoms with E-state index >= 15 is 0 Å². The van der Waals surface area contributed by atoms with Crippen molar-refractivity contribution in [2.45, 2.75) is 46.3 Å². The highest BCUT2D eigenvalue weighted by Crippen LogP contribution is 2.20. The minimum absolute atomic E-state index is 0.00480. The van der Waals surface area contributed by atoms with Crippen molar-refractivity contribution in [3.05, 3.63) is 29.3 Å². The molecule has 0 bridgehead atoms. The van der Waals surface area contributed by atoms with Crippen LogP contribution in [0, 0.1) is 6.92 Å². The normalized spacial score (nSPS) is 12.2. The van der Waals surface area contributed by atoms with Gasteiger partial charge >= 0.3 is 0 Å². The van der Waals surface area contributed by atoms with Crippen molar-refractivity contribution in [1.82, 2.24) is 0 Å². The third-order valence-corrected chi connectivity index (χ3v) is 3.38. The molecular weight excluding hydrogens is 280 g/mol. The quantitative estimate of drug-likeness (QED) is 0.652. The van der Waals surface area contributed by atoms with E-state index in [0.29, 0.717) is 39.3 Å². The van der Waals surface area contributed by atoms with Crippen molar-refractivity contribution >= 4 is 11.6 Å². The summed E-state index contributed by atoms with van der Waals surface area (Å²) >= 11 is 0. The fraction of sp³-hybridized carbons (Fsp3) is 0.588. The Hall–Kier alpha value is -1.43. The largest absolute Gasteiger partial charge is 0.379 e. The van der Waals surface area contributed by atoms with Crippen LogP contribution >= 0.6 is 0 Å². The van der Waals surface area contributed by atoms with Gasteiger partial charge < -0.3 is 20.5 Å². The number of nitrogens with two attached hydrogens (primary N) is 1. The number of amides is 1. The van der Waals surface area contributed by atoms with Gasteiger partial charge in [0, 0.05) is 24.8 Å². The van der Waals surface area contributed by atoms with Gasteiger partial charge in [-0.2, -0.15) is 0 Å². The first kappa shape index (κ1) is 18.6. The van der Waals surface area contributed by atoms with Crippen LogP contribution in [0.1, 0.15) is 37.8 Å². The summed E-state index contributed by atoms with van der Waals surface area (Å²) in [7, 11) is 0. The van der Waals surface area contributed by atoms with E-state index in [9.17, 15) is 4.79 Å². The van der Waals surface area contributed by atoms with Crippen LogP contribution in [0.25, 0.3) is 0 Å². The minimum atomic E-state index is -0.00480. The van der Waals surface area contributed by atoms with E-state index in [2.05, 4.69) is 5.32 Å². The van der Waals surface area contributed by atoms with Crippen LogP contribution in [-0.2, 0) is 20.9 Å². The van der Waals surface area contributed by atoms with Crippen molar-refractivity contribution in [1.29, 1.82) is 0 Å². The third-order valence-electron chi connectivity index (χ3n) is 3.38. The number of hydrogen-bond donors (Lipinski definition) is 2. The topological polar surface area (TPSA) is 73.6 Å². The van der Waals surface area contributed by atoms with Gasteiger partial charge in [0.1, 0.15) is 0 Å². The molecule has 1 rings (SSSR count). The molecule has 124 valence electrons. The maximum Gasteiger partial charge on any atom is 0.224 e. The number of carbonyl (C=O) groups is 1. The Kier molecular flexibility index (Phi) is 8.74. The van der Waals surface area contributed by atoms with Crippen LogP contribution in [0.2, 0.25) is 0 Å². The van der Waals surface area contributed by atoms with Crippen molar-refractivity contribution in [3.63, 3.8) is 0 Å². The average Bonchev–Trinajstić information content (AvgIpc) is 2.48. The zero-order chi connectivity index (χ0) is 16.4. The molecule has 5 heteroatoms. The average molecular weight is 308 g/mol. The first-order chi connectivity index (χ1) is 10.5. The van der Waals surface area contributed by atoms with Gasteiger partial charge in [0.05, 0.1) is 19.8 Å². The van der Waals surface area contributed by atoms with E-state index in [1.807, 2.05) is 39.0 Å². The highest BCUT2D eigenvalue weighted by molar-refractivity contribution is 5.91. The molecule has 1 atom stereocenters. The lowest BCUT2D eigenvalue weighted by molar-refractivity contribution is -0.116. The molecule has 0 aliphatic rings. The Bertz CT molecular complexity index is 461. The Morgan fingerprint density at radius 3 is 2.73 bits per heavy atom. The fourth-order valence-electron chi connectivity index (χ4n) is 1.99. The molecule has 1 amide bonds. The number of anilines is 1. The lowest BCUT2D eigenvalue weighted by Crippen LogP contribution is -2.20. The van der Waals surface area contributed by atoms with Crippen molar-refractivity contribution in [2.24, 2.45) is 5.73 Å². The summed E-state index contributed by atoms with van der Waals surface area (Å²) in [5.41, 5.74) is 8.61. The maximum absolute atomic E-state index is 11.9. The zero-order valence-corrected chi connectivity index (χ0v) is 13.9. The first-order valence-corrected chi connectivity index (χ1v) is 7.84. The molecule has 0 radical (unpaired) electrons. The number of nitrogens with one attached hydrogen (secondary N) is 1. The molecule has 5 nitrogen and oxygen atoms in total. The molecule has 0 saturated carbocycles. The molecule has 0 heterocycles. The van der Waals surface area contributed by atoms with Gasteiger partial charge in [-0.3, -0.25) is 4.79 Å². The highest BCUT2D eigenvalue weighted by atomic mass is 16.5. The summed E-state index contributed by atoms with van der Waals surface area (Å²) in [4.78, 5) is 11.9. The predicted molar refractivity (Wildman–Crippen MR) is 88.8 cm³/mol. The van der Waals surface area contributed by atoms with Crippen LogP contribution in [0.4, 0.5) is 5.69 Å². The molecule has 1 aromatic carbocycles. The van der Waals surface area contributed by atoms with Gasteiger partial charge in [-0.1, -0.05) is 12.1 Å².